The van der Waals surface area contributed by atoms with Gasteiger partial charge >= 0.3 is 12.2 Å². The van der Waals surface area contributed by atoms with Crippen LogP contribution in [0.15, 0.2) is 36.7 Å². The van der Waals surface area contributed by atoms with Crippen molar-refractivity contribution in [1.82, 2.24) is 28.9 Å². The highest BCUT2D eigenvalue weighted by Crippen LogP contribution is 2.42. The molecule has 1 aliphatic carbocycles. The predicted molar refractivity (Wildman–Crippen MR) is 187 cm³/mol. The van der Waals surface area contributed by atoms with Gasteiger partial charge in [-0.1, -0.05) is 19.9 Å². The number of β-amino-alcohol motifs (C(OH)–C–C–N with tert-alkyl or cyclic N) is 1. The van der Waals surface area contributed by atoms with E-state index in [-0.39, 0.29) is 24.9 Å². The van der Waals surface area contributed by atoms with Gasteiger partial charge in [-0.2, -0.15) is 9.61 Å². The molecule has 264 valence electrons. The van der Waals surface area contributed by atoms with Crippen LogP contribution >= 0.6 is 0 Å². The SMILES string of the molecule is CC(C)c1cnn2c(N(Cc3nc4ccccn4c3C3CC3)C(=O)OC(C)(C)C)cc(NC[C@H]3CCN(C(=O)OC(C)(C)C)C[C@@H]3O)nc12. The van der Waals surface area contributed by atoms with Gasteiger partial charge < -0.3 is 29.2 Å². The molecule has 1 saturated heterocycles. The Morgan fingerprint density at radius 1 is 1.06 bits per heavy atom. The maximum Gasteiger partial charge on any atom is 0.416 e. The number of amides is 2. The number of ether oxygens (including phenoxy) is 2. The van der Waals surface area contributed by atoms with Gasteiger partial charge in [0.15, 0.2) is 5.65 Å². The minimum absolute atomic E-state index is 0.127. The first-order chi connectivity index (χ1) is 23.1. The Kier molecular flexibility index (Phi) is 9.25. The fraction of sp³-hybridized carbons (Fsp3) is 0.583. The number of imidazole rings is 1. The minimum Gasteiger partial charge on any atom is -0.444 e. The number of aliphatic hydroxyl groups is 1. The molecule has 2 aliphatic rings. The predicted octanol–water partition coefficient (Wildman–Crippen LogP) is 6.35. The molecule has 0 radical (unpaired) electrons. The summed E-state index contributed by atoms with van der Waals surface area (Å²) in [6.07, 6.45) is 4.89. The summed E-state index contributed by atoms with van der Waals surface area (Å²) < 4.78 is 15.3. The maximum absolute atomic E-state index is 14.1. The number of hydrogen-bond donors (Lipinski definition) is 2. The molecule has 1 saturated carbocycles. The van der Waals surface area contributed by atoms with Crippen molar-refractivity contribution >= 4 is 35.1 Å². The van der Waals surface area contributed by atoms with E-state index in [2.05, 4.69) is 23.6 Å². The summed E-state index contributed by atoms with van der Waals surface area (Å²) in [5.74, 6) is 1.41. The van der Waals surface area contributed by atoms with Crippen molar-refractivity contribution in [3.8, 4) is 0 Å². The molecule has 13 nitrogen and oxygen atoms in total. The largest absolute Gasteiger partial charge is 0.444 e. The number of pyridine rings is 1. The van der Waals surface area contributed by atoms with Crippen LogP contribution in [0.3, 0.4) is 0 Å². The number of aromatic nitrogens is 5. The Hall–Kier alpha value is -4.39. The van der Waals surface area contributed by atoms with E-state index >= 15 is 0 Å². The second-order valence-corrected chi connectivity index (χ2v) is 15.6. The molecule has 4 aromatic heterocycles. The number of rotatable bonds is 8. The highest BCUT2D eigenvalue weighted by Gasteiger charge is 2.35. The summed E-state index contributed by atoms with van der Waals surface area (Å²) in [5, 5.41) is 19.2. The van der Waals surface area contributed by atoms with E-state index in [0.29, 0.717) is 42.7 Å². The normalized spacial score (nSPS) is 18.7. The number of hydrogen-bond acceptors (Lipinski definition) is 9. The lowest BCUT2D eigenvalue weighted by atomic mass is 9.94. The molecule has 0 spiro atoms. The van der Waals surface area contributed by atoms with Crippen molar-refractivity contribution in [1.29, 1.82) is 0 Å². The molecule has 1 aliphatic heterocycles. The standard InChI is InChI=1S/C36H50N8O5/c1-22(2)25-19-38-44-30(17-28(40-32(25)44)37-18-24-14-16-41(21-27(24)45)33(46)48-35(3,4)5)43(34(47)49-36(6,7)8)20-26-31(23-12-13-23)42-15-10-9-11-29(42)39-26/h9-11,15,17,19,22-24,27,45H,12-14,16,18,20-21H2,1-8H3,(H,37,40)/t24-,27+/m1/s1. The number of aliphatic hydroxyl groups excluding tert-OH is 1. The Morgan fingerprint density at radius 3 is 2.45 bits per heavy atom. The maximum atomic E-state index is 14.1. The Bertz CT molecular complexity index is 1830. The smallest absolute Gasteiger partial charge is 0.416 e. The van der Waals surface area contributed by atoms with E-state index < -0.39 is 29.5 Å². The summed E-state index contributed by atoms with van der Waals surface area (Å²) in [4.78, 5) is 39.8. The van der Waals surface area contributed by atoms with Crippen LogP contribution in [0, 0.1) is 5.92 Å². The lowest BCUT2D eigenvalue weighted by Gasteiger charge is -2.36. The summed E-state index contributed by atoms with van der Waals surface area (Å²) in [6, 6.07) is 7.75. The second-order valence-electron chi connectivity index (χ2n) is 15.6. The average Bonchev–Trinajstić information content (AvgIpc) is 3.63. The summed E-state index contributed by atoms with van der Waals surface area (Å²) in [7, 11) is 0. The Balaban J connectivity index is 1.33. The van der Waals surface area contributed by atoms with Gasteiger partial charge in [-0.05, 0) is 78.9 Å². The number of nitrogens with zero attached hydrogens (tertiary/aromatic N) is 7. The number of carbonyl (C=O) groups is 2. The summed E-state index contributed by atoms with van der Waals surface area (Å²) in [6.45, 7) is 16.5. The molecule has 2 atom stereocenters. The zero-order valence-electron chi connectivity index (χ0n) is 29.9. The van der Waals surface area contributed by atoms with Crippen molar-refractivity contribution in [3.63, 3.8) is 0 Å². The Labute approximate surface area is 287 Å². The number of piperidine rings is 1. The molecule has 5 heterocycles. The molecular weight excluding hydrogens is 624 g/mol. The third-order valence-corrected chi connectivity index (χ3v) is 8.83. The molecule has 0 bridgehead atoms. The van der Waals surface area contributed by atoms with Crippen LogP contribution in [-0.2, 0) is 16.0 Å². The van der Waals surface area contributed by atoms with Crippen molar-refractivity contribution < 1.29 is 24.2 Å². The van der Waals surface area contributed by atoms with Crippen LogP contribution in [0.2, 0.25) is 0 Å². The molecule has 0 unspecified atom stereocenters. The van der Waals surface area contributed by atoms with Gasteiger partial charge in [0, 0.05) is 42.8 Å². The van der Waals surface area contributed by atoms with Crippen LogP contribution in [0.5, 0.6) is 0 Å². The van der Waals surface area contributed by atoms with Gasteiger partial charge in [-0.25, -0.2) is 19.6 Å². The Morgan fingerprint density at radius 2 is 1.80 bits per heavy atom. The first-order valence-electron chi connectivity index (χ1n) is 17.3. The fourth-order valence-corrected chi connectivity index (χ4v) is 6.28. The van der Waals surface area contributed by atoms with E-state index in [1.807, 2.05) is 72.0 Å². The zero-order chi connectivity index (χ0) is 35.2. The first kappa shape index (κ1) is 34.5. The van der Waals surface area contributed by atoms with Crippen LogP contribution < -0.4 is 10.2 Å². The van der Waals surface area contributed by atoms with Crippen LogP contribution in [0.25, 0.3) is 11.3 Å². The van der Waals surface area contributed by atoms with Gasteiger partial charge in [-0.3, -0.25) is 4.90 Å². The topological polar surface area (TPSA) is 139 Å². The van der Waals surface area contributed by atoms with E-state index in [0.717, 1.165) is 35.4 Å². The van der Waals surface area contributed by atoms with E-state index in [1.54, 1.807) is 20.5 Å². The van der Waals surface area contributed by atoms with Crippen LogP contribution in [0.1, 0.15) is 103 Å². The van der Waals surface area contributed by atoms with Crippen LogP contribution in [-0.4, -0.2) is 83.1 Å². The molecule has 0 aromatic carbocycles. The molecule has 2 fully saturated rings. The lowest BCUT2D eigenvalue weighted by Crippen LogP contribution is -2.49. The molecule has 6 rings (SSSR count). The minimum atomic E-state index is -0.743. The summed E-state index contributed by atoms with van der Waals surface area (Å²) >= 11 is 0. The van der Waals surface area contributed by atoms with Gasteiger partial charge in [0.05, 0.1) is 36.8 Å². The first-order valence-corrected chi connectivity index (χ1v) is 17.3. The van der Waals surface area contributed by atoms with Crippen LogP contribution in [0.4, 0.5) is 21.2 Å². The molecule has 13 heteroatoms. The van der Waals surface area contributed by atoms with Gasteiger partial charge in [0.25, 0.3) is 0 Å². The van der Waals surface area contributed by atoms with Crippen molar-refractivity contribution in [2.24, 2.45) is 5.92 Å². The molecular formula is C36H50N8O5. The van der Waals surface area contributed by atoms with Crippen molar-refractivity contribution in [3.05, 3.63) is 53.6 Å². The number of nitrogens with one attached hydrogen (secondary N) is 1. The third kappa shape index (κ3) is 7.76. The lowest BCUT2D eigenvalue weighted by molar-refractivity contribution is -0.0104. The highest BCUT2D eigenvalue weighted by molar-refractivity contribution is 5.88. The number of likely N-dealkylation sites (tertiary alicyclic amines) is 1. The molecule has 4 aromatic rings. The highest BCUT2D eigenvalue weighted by atomic mass is 16.6. The van der Waals surface area contributed by atoms with E-state index in [1.165, 1.54) is 0 Å². The number of carbonyl (C=O) groups excluding carboxylic acids is 2. The van der Waals surface area contributed by atoms with E-state index in [9.17, 15) is 14.7 Å². The molecule has 2 N–H and O–H groups in total. The quantitative estimate of drug-likeness (QED) is 0.219. The van der Waals surface area contributed by atoms with Gasteiger partial charge in [-0.15, -0.1) is 0 Å². The molecule has 2 amide bonds. The monoisotopic (exact) mass is 674 g/mol. The second kappa shape index (κ2) is 13.1. The van der Waals surface area contributed by atoms with Gasteiger partial charge in [0.1, 0.15) is 28.5 Å². The summed E-state index contributed by atoms with van der Waals surface area (Å²) in [5.41, 5.74) is 2.98. The third-order valence-electron chi connectivity index (χ3n) is 8.83. The average molecular weight is 675 g/mol. The van der Waals surface area contributed by atoms with Crippen molar-refractivity contribution in [2.75, 3.05) is 29.9 Å². The van der Waals surface area contributed by atoms with Crippen molar-refractivity contribution in [2.45, 2.75) is 110 Å². The van der Waals surface area contributed by atoms with E-state index in [4.69, 9.17) is 24.5 Å². The fourth-order valence-electron chi connectivity index (χ4n) is 6.28. The zero-order valence-corrected chi connectivity index (χ0v) is 29.9. The number of fused-ring (bicyclic) bond motifs is 2. The molecule has 49 heavy (non-hydrogen) atoms. The number of anilines is 2. The van der Waals surface area contributed by atoms with Gasteiger partial charge in [0.2, 0.25) is 0 Å².